The molecule has 0 saturated heterocycles. The Morgan fingerprint density at radius 1 is 1.29 bits per heavy atom. The second-order valence-corrected chi connectivity index (χ2v) is 3.37. The van der Waals surface area contributed by atoms with E-state index in [0.717, 1.165) is 18.2 Å². The Labute approximate surface area is 82.2 Å². The van der Waals surface area contributed by atoms with Crippen molar-refractivity contribution >= 4 is 5.91 Å². The number of carbonyl (C=O) groups excluding carboxylic acids is 1. The molecule has 1 aromatic carbocycles. The van der Waals surface area contributed by atoms with Gasteiger partial charge in [-0.05, 0) is 18.6 Å². The van der Waals surface area contributed by atoms with E-state index in [2.05, 4.69) is 9.98 Å². The molecular weight excluding hydrogens is 176 g/mol. The zero-order valence-corrected chi connectivity index (χ0v) is 8.10. The van der Waals surface area contributed by atoms with Crippen molar-refractivity contribution in [3.05, 3.63) is 35.0 Å². The van der Waals surface area contributed by atoms with E-state index in [1.165, 1.54) is 0 Å². The van der Waals surface area contributed by atoms with E-state index >= 15 is 0 Å². The van der Waals surface area contributed by atoms with Crippen molar-refractivity contribution in [1.82, 2.24) is 0 Å². The second-order valence-electron chi connectivity index (χ2n) is 3.37. The first-order valence-corrected chi connectivity index (χ1v) is 4.86. The molecule has 0 radical (unpaired) electrons. The van der Waals surface area contributed by atoms with Gasteiger partial charge in [0.25, 0.3) is 5.91 Å². The molecule has 1 unspecified atom stereocenters. The molecule has 1 heterocycles. The highest BCUT2D eigenvalue weighted by atomic mass is 16.1. The van der Waals surface area contributed by atoms with Gasteiger partial charge in [0, 0.05) is 0 Å². The monoisotopic (exact) mass is 188 g/mol. The summed E-state index contributed by atoms with van der Waals surface area (Å²) in [4.78, 5) is 19.9. The van der Waals surface area contributed by atoms with Crippen LogP contribution in [0.2, 0.25) is 0 Å². The highest BCUT2D eigenvalue weighted by Gasteiger charge is 2.17. The van der Waals surface area contributed by atoms with Crippen molar-refractivity contribution < 1.29 is 4.79 Å². The Hall–Kier alpha value is -1.51. The summed E-state index contributed by atoms with van der Waals surface area (Å²) in [5.41, 5.74) is 0. The molecule has 0 aromatic heterocycles. The first kappa shape index (κ1) is 9.06. The predicted molar refractivity (Wildman–Crippen MR) is 52.5 cm³/mol. The fraction of sp³-hybridized carbons (Fsp3) is 0.364. The van der Waals surface area contributed by atoms with Gasteiger partial charge < -0.3 is 0 Å². The minimum atomic E-state index is -0.255. The van der Waals surface area contributed by atoms with Crippen molar-refractivity contribution in [1.29, 1.82) is 0 Å². The van der Waals surface area contributed by atoms with Crippen LogP contribution in [-0.4, -0.2) is 11.9 Å². The number of para-hydroxylation sites is 2. The molecule has 0 bridgehead atoms. The molecule has 0 fully saturated rings. The van der Waals surface area contributed by atoms with Crippen molar-refractivity contribution in [2.45, 2.75) is 25.8 Å². The van der Waals surface area contributed by atoms with Crippen LogP contribution in [0, 0.1) is 0 Å². The lowest BCUT2D eigenvalue weighted by Crippen LogP contribution is -2.36. The number of hydrogen-bond donors (Lipinski definition) is 0. The van der Waals surface area contributed by atoms with Crippen LogP contribution < -0.4 is 10.7 Å². The Balaban J connectivity index is 2.50. The number of carbonyl (C=O) groups is 1. The van der Waals surface area contributed by atoms with Crippen molar-refractivity contribution in [2.24, 2.45) is 9.98 Å². The SMILES string of the molecule is CCCC1N=c2ccccc2=NC1=O. The lowest BCUT2D eigenvalue weighted by molar-refractivity contribution is -0.119. The summed E-state index contributed by atoms with van der Waals surface area (Å²) < 4.78 is 0. The van der Waals surface area contributed by atoms with E-state index in [4.69, 9.17) is 0 Å². The Morgan fingerprint density at radius 3 is 2.71 bits per heavy atom. The predicted octanol–water partition coefficient (Wildman–Crippen LogP) is 0.635. The molecule has 0 spiro atoms. The lowest BCUT2D eigenvalue weighted by atomic mass is 10.1. The topological polar surface area (TPSA) is 41.8 Å². The molecule has 3 nitrogen and oxygen atoms in total. The quantitative estimate of drug-likeness (QED) is 0.671. The summed E-state index contributed by atoms with van der Waals surface area (Å²) in [6, 6.07) is 7.24. The highest BCUT2D eigenvalue weighted by Crippen LogP contribution is 2.04. The summed E-state index contributed by atoms with van der Waals surface area (Å²) in [5, 5.41) is 1.54. The molecule has 1 aromatic rings. The molecular formula is C11H12N2O. The normalized spacial score (nSPS) is 19.5. The van der Waals surface area contributed by atoms with Gasteiger partial charge in [0.05, 0.1) is 10.7 Å². The van der Waals surface area contributed by atoms with Crippen LogP contribution in [0.15, 0.2) is 34.3 Å². The maximum absolute atomic E-state index is 11.5. The molecule has 0 N–H and O–H groups in total. The fourth-order valence-electron chi connectivity index (χ4n) is 1.55. The number of benzene rings is 1. The first-order chi connectivity index (χ1) is 6.81. The molecule has 14 heavy (non-hydrogen) atoms. The molecule has 1 amide bonds. The zero-order valence-electron chi connectivity index (χ0n) is 8.10. The van der Waals surface area contributed by atoms with Gasteiger partial charge in [-0.15, -0.1) is 0 Å². The van der Waals surface area contributed by atoms with Crippen LogP contribution in [0.4, 0.5) is 0 Å². The minimum absolute atomic E-state index is 0.106. The van der Waals surface area contributed by atoms with Crippen LogP contribution in [-0.2, 0) is 4.79 Å². The number of nitrogens with zero attached hydrogens (tertiary/aromatic N) is 2. The van der Waals surface area contributed by atoms with Crippen LogP contribution >= 0.6 is 0 Å². The van der Waals surface area contributed by atoms with Crippen molar-refractivity contribution in [3.63, 3.8) is 0 Å². The van der Waals surface area contributed by atoms with E-state index in [1.54, 1.807) is 0 Å². The van der Waals surface area contributed by atoms with Gasteiger partial charge in [-0.1, -0.05) is 25.5 Å². The summed E-state index contributed by atoms with van der Waals surface area (Å²) in [6.45, 7) is 2.04. The minimum Gasteiger partial charge on any atom is -0.270 e. The number of rotatable bonds is 2. The average molecular weight is 188 g/mol. The van der Waals surface area contributed by atoms with E-state index in [-0.39, 0.29) is 11.9 Å². The number of amides is 1. The van der Waals surface area contributed by atoms with Crippen LogP contribution in [0.25, 0.3) is 0 Å². The van der Waals surface area contributed by atoms with Crippen molar-refractivity contribution in [3.8, 4) is 0 Å². The van der Waals surface area contributed by atoms with Gasteiger partial charge in [0.2, 0.25) is 0 Å². The summed E-state index contributed by atoms with van der Waals surface area (Å²) in [5.74, 6) is -0.106. The third-order valence-corrected chi connectivity index (χ3v) is 2.25. The third-order valence-electron chi connectivity index (χ3n) is 2.25. The molecule has 1 atom stereocenters. The Bertz CT molecular complexity index is 464. The van der Waals surface area contributed by atoms with Crippen LogP contribution in [0.1, 0.15) is 19.8 Å². The van der Waals surface area contributed by atoms with Crippen LogP contribution in [0.5, 0.6) is 0 Å². The molecule has 1 aliphatic heterocycles. The molecule has 1 aliphatic rings. The summed E-state index contributed by atoms with van der Waals surface area (Å²) in [7, 11) is 0. The number of fused-ring (bicyclic) bond motifs is 1. The van der Waals surface area contributed by atoms with E-state index in [1.807, 2.05) is 31.2 Å². The van der Waals surface area contributed by atoms with Crippen LogP contribution in [0.3, 0.4) is 0 Å². The molecule has 72 valence electrons. The summed E-state index contributed by atoms with van der Waals surface area (Å²) >= 11 is 0. The van der Waals surface area contributed by atoms with E-state index < -0.39 is 0 Å². The van der Waals surface area contributed by atoms with Gasteiger partial charge in [0.15, 0.2) is 0 Å². The Kier molecular flexibility index (Phi) is 2.39. The smallest absolute Gasteiger partial charge is 0.270 e. The highest BCUT2D eigenvalue weighted by molar-refractivity contribution is 5.83. The molecule has 0 aliphatic carbocycles. The van der Waals surface area contributed by atoms with Gasteiger partial charge in [-0.3, -0.25) is 9.79 Å². The lowest BCUT2D eigenvalue weighted by Gasteiger charge is -2.09. The average Bonchev–Trinajstić information content (AvgIpc) is 2.19. The number of hydrogen-bond acceptors (Lipinski definition) is 2. The van der Waals surface area contributed by atoms with Gasteiger partial charge >= 0.3 is 0 Å². The Morgan fingerprint density at radius 2 is 2.00 bits per heavy atom. The van der Waals surface area contributed by atoms with Crippen molar-refractivity contribution in [2.75, 3.05) is 0 Å². The molecule has 3 heteroatoms. The largest absolute Gasteiger partial charge is 0.271 e. The van der Waals surface area contributed by atoms with Gasteiger partial charge in [-0.2, -0.15) is 0 Å². The van der Waals surface area contributed by atoms with Gasteiger partial charge in [0.1, 0.15) is 6.04 Å². The van der Waals surface area contributed by atoms with E-state index in [9.17, 15) is 4.79 Å². The third kappa shape index (κ3) is 1.58. The molecule has 2 rings (SSSR count). The van der Waals surface area contributed by atoms with Gasteiger partial charge in [-0.25, -0.2) is 4.99 Å². The maximum atomic E-state index is 11.5. The first-order valence-electron chi connectivity index (χ1n) is 4.86. The maximum Gasteiger partial charge on any atom is 0.271 e. The zero-order chi connectivity index (χ0) is 9.97. The standard InChI is InChI=1S/C11H12N2O/c1-2-5-10-11(14)13-9-7-4-3-6-8(9)12-10/h3-4,6-7,10H,2,5H2,1H3. The second kappa shape index (κ2) is 3.70. The fourth-order valence-corrected chi connectivity index (χ4v) is 1.55. The summed E-state index contributed by atoms with van der Waals surface area (Å²) in [6.07, 6.45) is 1.74. The van der Waals surface area contributed by atoms with E-state index in [0.29, 0.717) is 5.36 Å². The molecule has 0 saturated carbocycles.